The first-order valence-electron chi connectivity index (χ1n) is 14.5. The fourth-order valence-electron chi connectivity index (χ4n) is 5.45. The molecule has 0 spiro atoms. The maximum atomic E-state index is 13.6. The normalized spacial score (nSPS) is 14.5. The smallest absolute Gasteiger partial charge is 0.431 e. The van der Waals surface area contributed by atoms with E-state index in [1.807, 2.05) is 0 Å². The molecule has 44 heavy (non-hydrogen) atoms. The summed E-state index contributed by atoms with van der Waals surface area (Å²) < 4.78 is 4.90. The fourth-order valence-corrected chi connectivity index (χ4v) is 5.45. The highest BCUT2D eigenvalue weighted by Crippen LogP contribution is 2.38. The molecular weight excluding hydrogens is 568 g/mol. The molecule has 3 aromatic carbocycles. The maximum absolute atomic E-state index is 13.6. The lowest BCUT2D eigenvalue weighted by atomic mass is 9.97. The van der Waals surface area contributed by atoms with Gasteiger partial charge in [-0.2, -0.15) is 5.01 Å². The number of aromatic carboxylic acids is 1. The van der Waals surface area contributed by atoms with Gasteiger partial charge in [-0.05, 0) is 44.0 Å². The number of hydrogen-bond acceptors (Lipinski definition) is 8. The van der Waals surface area contributed by atoms with E-state index in [0.29, 0.717) is 16.5 Å². The van der Waals surface area contributed by atoms with E-state index in [4.69, 9.17) is 4.74 Å². The van der Waals surface area contributed by atoms with Gasteiger partial charge in [-0.1, -0.05) is 68.5 Å². The van der Waals surface area contributed by atoms with Crippen LogP contribution in [0.15, 0.2) is 60.7 Å². The molecule has 0 aliphatic heterocycles. The Balaban J connectivity index is 1.69. The Hall–Kier alpha value is -4.97. The lowest BCUT2D eigenvalue weighted by Crippen LogP contribution is -2.55. The zero-order valence-electron chi connectivity index (χ0n) is 24.6. The Kier molecular flexibility index (Phi) is 10.5. The van der Waals surface area contributed by atoms with Crippen molar-refractivity contribution in [3.8, 4) is 0 Å². The van der Waals surface area contributed by atoms with Crippen molar-refractivity contribution in [3.63, 3.8) is 0 Å². The van der Waals surface area contributed by atoms with E-state index in [1.165, 1.54) is 43.9 Å². The summed E-state index contributed by atoms with van der Waals surface area (Å²) in [6.07, 6.45) is 6.18. The van der Waals surface area contributed by atoms with Crippen LogP contribution in [0, 0.1) is 0 Å². The SMILES string of the molecule is COC(=O)N(NC1CCCCCCC1)C(=O)[C@H](C)Nc1ccc(N(C(=O)C(=O)O)c2ccccc2C(=O)O)c2ccccc12. The van der Waals surface area contributed by atoms with Crippen LogP contribution in [-0.4, -0.2) is 64.3 Å². The number of nitrogens with zero attached hydrogens (tertiary/aromatic N) is 2. The molecule has 1 saturated carbocycles. The third kappa shape index (κ3) is 7.14. The van der Waals surface area contributed by atoms with Crippen molar-refractivity contribution in [1.29, 1.82) is 0 Å². The molecule has 0 unspecified atom stereocenters. The highest BCUT2D eigenvalue weighted by Gasteiger charge is 2.32. The van der Waals surface area contributed by atoms with Crippen molar-refractivity contribution in [3.05, 3.63) is 66.2 Å². The Morgan fingerprint density at radius 3 is 2.07 bits per heavy atom. The number of para-hydroxylation sites is 1. The molecule has 12 heteroatoms. The van der Waals surface area contributed by atoms with Gasteiger partial charge in [0.1, 0.15) is 6.04 Å². The zero-order valence-corrected chi connectivity index (χ0v) is 24.6. The maximum Gasteiger partial charge on any atom is 0.431 e. The number of benzene rings is 3. The van der Waals surface area contributed by atoms with Gasteiger partial charge in [-0.3, -0.25) is 14.5 Å². The number of anilines is 3. The number of methoxy groups -OCH3 is 1. The number of carbonyl (C=O) groups is 5. The van der Waals surface area contributed by atoms with Crippen LogP contribution in [0.1, 0.15) is 62.2 Å². The molecule has 0 saturated heterocycles. The second-order valence-electron chi connectivity index (χ2n) is 10.6. The largest absolute Gasteiger partial charge is 0.478 e. The van der Waals surface area contributed by atoms with Gasteiger partial charge in [0.15, 0.2) is 0 Å². The molecule has 232 valence electrons. The molecule has 0 bridgehead atoms. The van der Waals surface area contributed by atoms with Gasteiger partial charge in [0.05, 0.1) is 24.0 Å². The van der Waals surface area contributed by atoms with Crippen molar-refractivity contribution in [2.75, 3.05) is 17.3 Å². The molecular formula is C32H36N4O8. The Bertz CT molecular complexity index is 1550. The summed E-state index contributed by atoms with van der Waals surface area (Å²) in [6.45, 7) is 1.60. The number of rotatable bonds is 8. The zero-order chi connectivity index (χ0) is 31.8. The number of hydrazine groups is 1. The molecule has 1 aliphatic rings. The molecule has 3 aromatic rings. The quantitative estimate of drug-likeness (QED) is 0.196. The van der Waals surface area contributed by atoms with Gasteiger partial charge in [0.25, 0.3) is 5.91 Å². The van der Waals surface area contributed by atoms with Crippen LogP contribution in [0.4, 0.5) is 21.9 Å². The predicted octanol–water partition coefficient (Wildman–Crippen LogP) is 5.30. The van der Waals surface area contributed by atoms with Gasteiger partial charge in [-0.25, -0.2) is 19.8 Å². The lowest BCUT2D eigenvalue weighted by molar-refractivity contribution is -0.148. The highest BCUT2D eigenvalue weighted by molar-refractivity contribution is 6.40. The molecule has 3 amide bonds. The van der Waals surface area contributed by atoms with E-state index < -0.39 is 35.9 Å². The average molecular weight is 605 g/mol. The van der Waals surface area contributed by atoms with E-state index in [0.717, 1.165) is 48.4 Å². The standard InChI is InChI=1S/C32H36N4O8/c1-20(28(37)36(32(43)44-2)34-21-12-6-4-3-5-7-13-21)33-25-18-19-27(23-15-9-8-14-22(23)25)35(29(38)31(41)42)26-17-11-10-16-24(26)30(39)40/h8-11,14-21,33-34H,3-7,12-13H2,1-2H3,(H,39,40)(H,41,42)/t20-/m0/s1. The third-order valence-electron chi connectivity index (χ3n) is 7.64. The van der Waals surface area contributed by atoms with E-state index in [2.05, 4.69) is 10.7 Å². The average Bonchev–Trinajstić information content (AvgIpc) is 3.01. The van der Waals surface area contributed by atoms with E-state index in [9.17, 15) is 34.2 Å². The summed E-state index contributed by atoms with van der Waals surface area (Å²) >= 11 is 0. The van der Waals surface area contributed by atoms with Gasteiger partial charge in [0, 0.05) is 22.5 Å². The number of imide groups is 1. The number of ether oxygens (including phenoxy) is 1. The van der Waals surface area contributed by atoms with Crippen LogP contribution in [0.3, 0.4) is 0 Å². The Morgan fingerprint density at radius 2 is 1.43 bits per heavy atom. The monoisotopic (exact) mass is 604 g/mol. The topological polar surface area (TPSA) is 166 Å². The summed E-state index contributed by atoms with van der Waals surface area (Å²) in [5, 5.41) is 24.4. The second kappa shape index (κ2) is 14.5. The van der Waals surface area contributed by atoms with Gasteiger partial charge < -0.3 is 20.3 Å². The number of nitrogens with one attached hydrogen (secondary N) is 2. The Morgan fingerprint density at radius 1 is 0.818 bits per heavy atom. The molecule has 1 atom stereocenters. The summed E-state index contributed by atoms with van der Waals surface area (Å²) in [5.74, 6) is -5.01. The summed E-state index contributed by atoms with van der Waals surface area (Å²) in [6, 6.07) is 14.5. The van der Waals surface area contributed by atoms with E-state index >= 15 is 0 Å². The van der Waals surface area contributed by atoms with Crippen LogP contribution in [0.25, 0.3) is 10.8 Å². The molecule has 1 aliphatic carbocycles. The number of carbonyl (C=O) groups excluding carboxylic acids is 3. The molecule has 12 nitrogen and oxygen atoms in total. The minimum Gasteiger partial charge on any atom is -0.478 e. The number of carboxylic acids is 2. The predicted molar refractivity (Wildman–Crippen MR) is 164 cm³/mol. The number of carboxylic acid groups (broad SMARTS) is 2. The van der Waals surface area contributed by atoms with Crippen LogP contribution in [0.2, 0.25) is 0 Å². The molecule has 4 N–H and O–H groups in total. The second-order valence-corrected chi connectivity index (χ2v) is 10.6. The van der Waals surface area contributed by atoms with E-state index in [-0.39, 0.29) is 23.0 Å². The van der Waals surface area contributed by atoms with Crippen molar-refractivity contribution >= 4 is 57.7 Å². The van der Waals surface area contributed by atoms with Gasteiger partial charge >= 0.3 is 23.9 Å². The minimum atomic E-state index is -1.77. The summed E-state index contributed by atoms with van der Waals surface area (Å²) in [7, 11) is 1.21. The highest BCUT2D eigenvalue weighted by atomic mass is 16.5. The van der Waals surface area contributed by atoms with Crippen molar-refractivity contribution < 1.29 is 38.9 Å². The van der Waals surface area contributed by atoms with Gasteiger partial charge in [0.2, 0.25) is 0 Å². The third-order valence-corrected chi connectivity index (χ3v) is 7.64. The molecule has 0 radical (unpaired) electrons. The molecule has 0 aromatic heterocycles. The molecule has 0 heterocycles. The fraction of sp³-hybridized carbons (Fsp3) is 0.344. The van der Waals surface area contributed by atoms with E-state index in [1.54, 1.807) is 37.3 Å². The molecule has 4 rings (SSSR count). The lowest BCUT2D eigenvalue weighted by Gasteiger charge is -2.30. The first-order chi connectivity index (χ1) is 21.1. The van der Waals surface area contributed by atoms with Crippen LogP contribution >= 0.6 is 0 Å². The number of hydrogen-bond donors (Lipinski definition) is 4. The van der Waals surface area contributed by atoms with Crippen molar-refractivity contribution in [2.45, 2.75) is 64.0 Å². The minimum absolute atomic E-state index is 0.0582. The number of aliphatic carboxylic acids is 1. The van der Waals surface area contributed by atoms with Crippen LogP contribution in [0.5, 0.6) is 0 Å². The number of fused-ring (bicyclic) bond motifs is 1. The van der Waals surface area contributed by atoms with Crippen molar-refractivity contribution in [2.24, 2.45) is 0 Å². The first kappa shape index (κ1) is 32.0. The van der Waals surface area contributed by atoms with Gasteiger partial charge in [-0.15, -0.1) is 0 Å². The van der Waals surface area contributed by atoms with Crippen LogP contribution < -0.4 is 15.6 Å². The summed E-state index contributed by atoms with van der Waals surface area (Å²) in [4.78, 5) is 63.9. The Labute approximate surface area is 254 Å². The summed E-state index contributed by atoms with van der Waals surface area (Å²) in [5.41, 5.74) is 3.31. The first-order valence-corrected chi connectivity index (χ1v) is 14.5. The van der Waals surface area contributed by atoms with Crippen LogP contribution in [-0.2, 0) is 19.1 Å². The number of amides is 3. The molecule has 1 fully saturated rings. The van der Waals surface area contributed by atoms with Crippen molar-refractivity contribution in [1.82, 2.24) is 10.4 Å².